The van der Waals surface area contributed by atoms with Gasteiger partial charge in [0.05, 0.1) is 16.8 Å². The molecule has 5 heteroatoms. The van der Waals surface area contributed by atoms with E-state index in [4.69, 9.17) is 5.11 Å². The van der Waals surface area contributed by atoms with E-state index >= 15 is 0 Å². The molecule has 0 aliphatic heterocycles. The Morgan fingerprint density at radius 3 is 2.19 bits per heavy atom. The minimum absolute atomic E-state index is 0.178. The first-order valence-corrected chi connectivity index (χ1v) is 6.46. The lowest BCUT2D eigenvalue weighted by Gasteiger charge is -2.18. The van der Waals surface area contributed by atoms with Crippen molar-refractivity contribution in [1.29, 1.82) is 0 Å². The molecule has 0 saturated heterocycles. The zero-order valence-electron chi connectivity index (χ0n) is 12.1. The molecule has 1 aromatic carbocycles. The summed E-state index contributed by atoms with van der Waals surface area (Å²) in [4.78, 5) is 29.1. The molecule has 1 amide bonds. The molecular weight excluding hydrogens is 268 g/mol. The van der Waals surface area contributed by atoms with Crippen LogP contribution in [0, 0.1) is 13.8 Å². The summed E-state index contributed by atoms with van der Waals surface area (Å²) in [6.45, 7) is 3.66. The van der Waals surface area contributed by atoms with Crippen molar-refractivity contribution < 1.29 is 14.7 Å². The number of carbonyl (C=O) groups excluding carboxylic acids is 1. The van der Waals surface area contributed by atoms with Gasteiger partial charge in [-0.15, -0.1) is 0 Å². The third-order valence-electron chi connectivity index (χ3n) is 3.26. The number of rotatable bonds is 3. The SMILES string of the molecule is Cc1ccc(C(=O)N(C)c2ccc(C(=O)O)cc2)c(C)n1. The summed E-state index contributed by atoms with van der Waals surface area (Å²) in [7, 11) is 1.65. The normalized spacial score (nSPS) is 10.2. The van der Waals surface area contributed by atoms with E-state index in [1.807, 2.05) is 6.92 Å². The molecule has 0 saturated carbocycles. The van der Waals surface area contributed by atoms with Gasteiger partial charge in [-0.2, -0.15) is 0 Å². The summed E-state index contributed by atoms with van der Waals surface area (Å²) in [6.07, 6.45) is 0. The Kier molecular flexibility index (Phi) is 4.03. The third kappa shape index (κ3) is 3.08. The van der Waals surface area contributed by atoms with Gasteiger partial charge in [0.25, 0.3) is 5.91 Å². The number of carboxylic acids is 1. The lowest BCUT2D eigenvalue weighted by molar-refractivity contribution is 0.0696. The van der Waals surface area contributed by atoms with Gasteiger partial charge in [-0.3, -0.25) is 9.78 Å². The van der Waals surface area contributed by atoms with Crippen molar-refractivity contribution in [1.82, 2.24) is 4.98 Å². The van der Waals surface area contributed by atoms with E-state index < -0.39 is 5.97 Å². The Hall–Kier alpha value is -2.69. The number of pyridine rings is 1. The first kappa shape index (κ1) is 14.7. The average molecular weight is 284 g/mol. The highest BCUT2D eigenvalue weighted by Gasteiger charge is 2.16. The summed E-state index contributed by atoms with van der Waals surface area (Å²) in [5.41, 5.74) is 2.88. The molecular formula is C16H16N2O3. The summed E-state index contributed by atoms with van der Waals surface area (Å²) in [6, 6.07) is 9.71. The summed E-state index contributed by atoms with van der Waals surface area (Å²) in [5, 5.41) is 8.88. The second kappa shape index (κ2) is 5.75. The van der Waals surface area contributed by atoms with Gasteiger partial charge in [0.15, 0.2) is 0 Å². The van der Waals surface area contributed by atoms with Gasteiger partial charge in [-0.1, -0.05) is 0 Å². The van der Waals surface area contributed by atoms with E-state index in [0.29, 0.717) is 16.9 Å². The maximum absolute atomic E-state index is 12.5. The second-order valence-corrected chi connectivity index (χ2v) is 4.80. The highest BCUT2D eigenvalue weighted by molar-refractivity contribution is 6.06. The number of nitrogens with zero attached hydrogens (tertiary/aromatic N) is 2. The van der Waals surface area contributed by atoms with Crippen LogP contribution in [0.15, 0.2) is 36.4 Å². The van der Waals surface area contributed by atoms with Gasteiger partial charge in [-0.25, -0.2) is 4.79 Å². The standard InChI is InChI=1S/C16H16N2O3/c1-10-4-9-14(11(2)17-10)15(19)18(3)13-7-5-12(6-8-13)16(20)21/h4-9H,1-3H3,(H,20,21). The van der Waals surface area contributed by atoms with Gasteiger partial charge < -0.3 is 10.0 Å². The van der Waals surface area contributed by atoms with Crippen LogP contribution in [-0.2, 0) is 0 Å². The Morgan fingerprint density at radius 1 is 1.05 bits per heavy atom. The predicted octanol–water partition coefficient (Wildman–Crippen LogP) is 2.67. The molecule has 5 nitrogen and oxygen atoms in total. The van der Waals surface area contributed by atoms with Crippen molar-refractivity contribution in [3.05, 3.63) is 58.9 Å². The van der Waals surface area contributed by atoms with Crippen LogP contribution in [0.4, 0.5) is 5.69 Å². The number of hydrogen-bond acceptors (Lipinski definition) is 3. The topological polar surface area (TPSA) is 70.5 Å². The van der Waals surface area contributed by atoms with Crippen molar-refractivity contribution in [2.45, 2.75) is 13.8 Å². The van der Waals surface area contributed by atoms with E-state index in [9.17, 15) is 9.59 Å². The van der Waals surface area contributed by atoms with Gasteiger partial charge in [0.2, 0.25) is 0 Å². The molecule has 0 aliphatic rings. The quantitative estimate of drug-likeness (QED) is 0.940. The second-order valence-electron chi connectivity index (χ2n) is 4.80. The Labute approximate surface area is 122 Å². The first-order valence-electron chi connectivity index (χ1n) is 6.46. The minimum Gasteiger partial charge on any atom is -0.478 e. The number of aryl methyl sites for hydroxylation is 2. The lowest BCUT2D eigenvalue weighted by Crippen LogP contribution is -2.27. The zero-order valence-corrected chi connectivity index (χ0v) is 12.1. The fourth-order valence-electron chi connectivity index (χ4n) is 2.04. The summed E-state index contributed by atoms with van der Waals surface area (Å²) < 4.78 is 0. The van der Waals surface area contributed by atoms with Crippen LogP contribution in [0.1, 0.15) is 32.1 Å². The number of aromatic nitrogens is 1. The number of benzene rings is 1. The molecule has 2 aromatic rings. The van der Waals surface area contributed by atoms with Gasteiger partial charge in [0.1, 0.15) is 0 Å². The number of anilines is 1. The zero-order chi connectivity index (χ0) is 15.6. The van der Waals surface area contributed by atoms with Crippen molar-refractivity contribution in [3.8, 4) is 0 Å². The molecule has 1 heterocycles. The monoisotopic (exact) mass is 284 g/mol. The molecule has 2 rings (SSSR count). The first-order chi connectivity index (χ1) is 9.90. The smallest absolute Gasteiger partial charge is 0.335 e. The highest BCUT2D eigenvalue weighted by Crippen LogP contribution is 2.18. The number of carboxylic acid groups (broad SMARTS) is 1. The molecule has 0 bridgehead atoms. The van der Waals surface area contributed by atoms with Crippen molar-refractivity contribution in [2.24, 2.45) is 0 Å². The lowest BCUT2D eigenvalue weighted by atomic mass is 10.1. The van der Waals surface area contributed by atoms with Crippen LogP contribution in [0.5, 0.6) is 0 Å². The van der Waals surface area contributed by atoms with Crippen molar-refractivity contribution in [3.63, 3.8) is 0 Å². The van der Waals surface area contributed by atoms with Gasteiger partial charge in [0, 0.05) is 18.4 Å². The Bertz CT molecular complexity index is 693. The molecule has 0 atom stereocenters. The molecule has 1 aromatic heterocycles. The Balaban J connectivity index is 2.28. The molecule has 1 N–H and O–H groups in total. The molecule has 0 radical (unpaired) electrons. The third-order valence-corrected chi connectivity index (χ3v) is 3.26. The van der Waals surface area contributed by atoms with Crippen LogP contribution in [0.3, 0.4) is 0 Å². The van der Waals surface area contributed by atoms with E-state index in [-0.39, 0.29) is 11.5 Å². The number of carbonyl (C=O) groups is 2. The van der Waals surface area contributed by atoms with Crippen LogP contribution in [-0.4, -0.2) is 29.0 Å². The van der Waals surface area contributed by atoms with E-state index in [0.717, 1.165) is 5.69 Å². The Morgan fingerprint density at radius 2 is 1.67 bits per heavy atom. The van der Waals surface area contributed by atoms with Crippen molar-refractivity contribution in [2.75, 3.05) is 11.9 Å². The van der Waals surface area contributed by atoms with Crippen LogP contribution < -0.4 is 4.90 Å². The largest absolute Gasteiger partial charge is 0.478 e. The van der Waals surface area contributed by atoms with Gasteiger partial charge >= 0.3 is 5.97 Å². The molecule has 21 heavy (non-hydrogen) atoms. The molecule has 108 valence electrons. The van der Waals surface area contributed by atoms with Crippen molar-refractivity contribution >= 4 is 17.6 Å². The predicted molar refractivity (Wildman–Crippen MR) is 79.8 cm³/mol. The molecule has 0 unspecified atom stereocenters. The van der Waals surface area contributed by atoms with Crippen LogP contribution >= 0.6 is 0 Å². The van der Waals surface area contributed by atoms with Crippen LogP contribution in [0.2, 0.25) is 0 Å². The fraction of sp³-hybridized carbons (Fsp3) is 0.188. The minimum atomic E-state index is -0.992. The maximum atomic E-state index is 12.5. The number of aromatic carboxylic acids is 1. The average Bonchev–Trinajstić information content (AvgIpc) is 2.46. The van der Waals surface area contributed by atoms with Crippen LogP contribution in [0.25, 0.3) is 0 Å². The molecule has 0 aliphatic carbocycles. The van der Waals surface area contributed by atoms with Gasteiger partial charge in [-0.05, 0) is 50.2 Å². The summed E-state index contributed by atoms with van der Waals surface area (Å²) >= 11 is 0. The van der Waals surface area contributed by atoms with E-state index in [1.54, 1.807) is 38.2 Å². The molecule has 0 fully saturated rings. The summed E-state index contributed by atoms with van der Waals surface area (Å²) in [5.74, 6) is -1.17. The van der Waals surface area contributed by atoms with E-state index in [2.05, 4.69) is 4.98 Å². The number of hydrogen-bond donors (Lipinski definition) is 1. The highest BCUT2D eigenvalue weighted by atomic mass is 16.4. The fourth-order valence-corrected chi connectivity index (χ4v) is 2.04. The number of amides is 1. The molecule has 0 spiro atoms. The van der Waals surface area contributed by atoms with E-state index in [1.165, 1.54) is 17.0 Å². The maximum Gasteiger partial charge on any atom is 0.335 e.